The highest BCUT2D eigenvalue weighted by Gasteiger charge is 2.33. The molecule has 1 fully saturated rings. The van der Waals surface area contributed by atoms with Crippen LogP contribution >= 0.6 is 11.6 Å². The van der Waals surface area contributed by atoms with Crippen molar-refractivity contribution in [2.24, 2.45) is 0 Å². The number of hydroxylamine groups is 2. The molecule has 5 rings (SSSR count). The predicted octanol–water partition coefficient (Wildman–Crippen LogP) is 4.55. The molecule has 0 radical (unpaired) electrons. The van der Waals surface area contributed by atoms with E-state index in [0.717, 1.165) is 22.3 Å². The number of anilines is 2. The zero-order chi connectivity index (χ0) is 23.1. The summed E-state index contributed by atoms with van der Waals surface area (Å²) in [6.07, 6.45) is 4.25. The van der Waals surface area contributed by atoms with E-state index in [4.69, 9.17) is 22.2 Å². The Balaban J connectivity index is 1.41. The van der Waals surface area contributed by atoms with Crippen LogP contribution in [-0.4, -0.2) is 37.3 Å². The molecule has 2 amide bonds. The number of carbonyl (C=O) groups is 1. The van der Waals surface area contributed by atoms with Crippen LogP contribution in [0, 0.1) is 13.8 Å². The first-order valence-electron chi connectivity index (χ1n) is 10.5. The van der Waals surface area contributed by atoms with Crippen LogP contribution in [0.2, 0.25) is 5.02 Å². The standard InChI is InChI=1S/C23H22ClN7O2/c1-13-17(4-3-5-18(13)24)20-8-9-33-31(20)23(32)27-19-10-16(11-26-14(19)2)15-6-7-21-28-22(25)29-30(21)12-15/h3-7,10-12,20H,8-9H2,1-2H3,(H2,25,29)(H,27,32)/t20-/m0/s1. The molecule has 1 aliphatic heterocycles. The van der Waals surface area contributed by atoms with Crippen molar-refractivity contribution in [3.63, 3.8) is 0 Å². The Labute approximate surface area is 195 Å². The van der Waals surface area contributed by atoms with Crippen molar-refractivity contribution in [1.82, 2.24) is 24.6 Å². The van der Waals surface area contributed by atoms with Crippen LogP contribution < -0.4 is 11.1 Å². The number of nitrogens with zero attached hydrogens (tertiary/aromatic N) is 5. The van der Waals surface area contributed by atoms with Gasteiger partial charge in [0.2, 0.25) is 5.95 Å². The highest BCUT2D eigenvalue weighted by atomic mass is 35.5. The Morgan fingerprint density at radius 1 is 1.24 bits per heavy atom. The molecule has 0 aliphatic carbocycles. The van der Waals surface area contributed by atoms with E-state index in [-0.39, 0.29) is 18.0 Å². The lowest BCUT2D eigenvalue weighted by Gasteiger charge is -2.25. The maximum Gasteiger partial charge on any atom is 0.346 e. The number of nitrogens with two attached hydrogens (primary N) is 1. The minimum Gasteiger partial charge on any atom is -0.366 e. The molecule has 1 saturated heterocycles. The topological polar surface area (TPSA) is 111 Å². The normalized spacial score (nSPS) is 15.8. The van der Waals surface area contributed by atoms with Gasteiger partial charge in [-0.25, -0.2) is 9.31 Å². The third-order valence-electron chi connectivity index (χ3n) is 5.78. The fraction of sp³-hybridized carbons (Fsp3) is 0.217. The van der Waals surface area contributed by atoms with Crippen molar-refractivity contribution >= 4 is 34.9 Å². The molecule has 10 heteroatoms. The number of urea groups is 1. The van der Waals surface area contributed by atoms with Crippen molar-refractivity contribution in [3.05, 3.63) is 70.6 Å². The number of nitrogens with one attached hydrogen (secondary N) is 1. The van der Waals surface area contributed by atoms with Gasteiger partial charge in [-0.2, -0.15) is 10.0 Å². The SMILES string of the molecule is Cc1ncc(-c2ccc3nc(N)nn3c2)cc1NC(=O)N1OCC[C@H]1c1cccc(Cl)c1C. The average Bonchev–Trinajstić information content (AvgIpc) is 3.42. The lowest BCUT2D eigenvalue weighted by atomic mass is 9.99. The molecule has 0 spiro atoms. The van der Waals surface area contributed by atoms with Crippen LogP contribution in [0.25, 0.3) is 16.8 Å². The Bertz CT molecular complexity index is 1370. The summed E-state index contributed by atoms with van der Waals surface area (Å²) in [5, 5.41) is 9.15. The number of rotatable bonds is 3. The van der Waals surface area contributed by atoms with E-state index >= 15 is 0 Å². The van der Waals surface area contributed by atoms with E-state index in [1.54, 1.807) is 10.7 Å². The zero-order valence-electron chi connectivity index (χ0n) is 18.1. The number of carbonyl (C=O) groups excluding carboxylic acids is 1. The summed E-state index contributed by atoms with van der Waals surface area (Å²) in [5.74, 6) is 0.206. The van der Waals surface area contributed by atoms with Gasteiger partial charge in [-0.3, -0.25) is 9.82 Å². The minimum absolute atomic E-state index is 0.206. The van der Waals surface area contributed by atoms with E-state index in [9.17, 15) is 4.79 Å². The number of halogens is 1. The van der Waals surface area contributed by atoms with Gasteiger partial charge in [0.25, 0.3) is 0 Å². The van der Waals surface area contributed by atoms with Crippen molar-refractivity contribution in [3.8, 4) is 11.1 Å². The van der Waals surface area contributed by atoms with Gasteiger partial charge in [0.05, 0.1) is 24.0 Å². The van der Waals surface area contributed by atoms with Crippen LogP contribution in [0.4, 0.5) is 16.4 Å². The fourth-order valence-corrected chi connectivity index (χ4v) is 4.18. The van der Waals surface area contributed by atoms with Gasteiger partial charge in [-0.1, -0.05) is 23.7 Å². The average molecular weight is 464 g/mol. The first-order valence-corrected chi connectivity index (χ1v) is 10.9. The maximum atomic E-state index is 13.2. The molecule has 1 aliphatic rings. The van der Waals surface area contributed by atoms with Crippen LogP contribution in [0.3, 0.4) is 0 Å². The first kappa shape index (κ1) is 21.2. The second-order valence-electron chi connectivity index (χ2n) is 7.90. The summed E-state index contributed by atoms with van der Waals surface area (Å²) in [4.78, 5) is 27.4. The van der Waals surface area contributed by atoms with Gasteiger partial charge in [0.1, 0.15) is 0 Å². The monoisotopic (exact) mass is 463 g/mol. The van der Waals surface area contributed by atoms with Gasteiger partial charge in [0, 0.05) is 35.0 Å². The van der Waals surface area contributed by atoms with Crippen molar-refractivity contribution in [2.75, 3.05) is 17.7 Å². The summed E-state index contributed by atoms with van der Waals surface area (Å²) in [6.45, 7) is 4.23. The van der Waals surface area contributed by atoms with Gasteiger partial charge >= 0.3 is 6.03 Å². The van der Waals surface area contributed by atoms with E-state index in [2.05, 4.69) is 20.4 Å². The van der Waals surface area contributed by atoms with Gasteiger partial charge in [-0.05, 0) is 49.2 Å². The molecule has 168 valence electrons. The summed E-state index contributed by atoms with van der Waals surface area (Å²) in [7, 11) is 0. The highest BCUT2D eigenvalue weighted by molar-refractivity contribution is 6.31. The fourth-order valence-electron chi connectivity index (χ4n) is 4.00. The Morgan fingerprint density at radius 3 is 2.94 bits per heavy atom. The molecule has 1 aromatic carbocycles. The van der Waals surface area contributed by atoms with Crippen LogP contribution in [0.1, 0.15) is 29.3 Å². The highest BCUT2D eigenvalue weighted by Crippen LogP contribution is 2.35. The molecule has 4 heterocycles. The molecule has 0 unspecified atom stereocenters. The molecule has 0 saturated carbocycles. The Hall–Kier alpha value is -3.69. The minimum atomic E-state index is -0.363. The van der Waals surface area contributed by atoms with E-state index in [1.807, 2.05) is 56.4 Å². The molecular weight excluding hydrogens is 442 g/mol. The molecule has 3 N–H and O–H groups in total. The lowest BCUT2D eigenvalue weighted by molar-refractivity contribution is -0.0830. The predicted molar refractivity (Wildman–Crippen MR) is 126 cm³/mol. The number of aryl methyl sites for hydroxylation is 1. The molecule has 33 heavy (non-hydrogen) atoms. The Kier molecular flexibility index (Phi) is 5.35. The summed E-state index contributed by atoms with van der Waals surface area (Å²) < 4.78 is 1.61. The lowest BCUT2D eigenvalue weighted by Crippen LogP contribution is -2.34. The van der Waals surface area contributed by atoms with Gasteiger partial charge in [0.15, 0.2) is 5.65 Å². The molecule has 4 aromatic rings. The smallest absolute Gasteiger partial charge is 0.346 e. The number of aromatic nitrogens is 4. The summed E-state index contributed by atoms with van der Waals surface area (Å²) in [5.41, 5.74) is 11.2. The molecule has 3 aromatic heterocycles. The molecular formula is C23H22ClN7O2. The van der Waals surface area contributed by atoms with E-state index in [0.29, 0.717) is 35.1 Å². The maximum absolute atomic E-state index is 13.2. The van der Waals surface area contributed by atoms with Crippen LogP contribution in [0.5, 0.6) is 0 Å². The number of pyridine rings is 2. The quantitative estimate of drug-likeness (QED) is 0.461. The molecule has 0 bridgehead atoms. The molecule has 1 atom stereocenters. The van der Waals surface area contributed by atoms with Crippen molar-refractivity contribution in [1.29, 1.82) is 0 Å². The summed E-state index contributed by atoms with van der Waals surface area (Å²) in [6, 6.07) is 10.7. The third kappa shape index (κ3) is 3.96. The van der Waals surface area contributed by atoms with Crippen LogP contribution in [0.15, 0.2) is 48.8 Å². The number of fused-ring (bicyclic) bond motifs is 1. The van der Waals surface area contributed by atoms with Gasteiger partial charge < -0.3 is 11.1 Å². The number of hydrogen-bond donors (Lipinski definition) is 2. The van der Waals surface area contributed by atoms with E-state index < -0.39 is 0 Å². The number of amides is 2. The van der Waals surface area contributed by atoms with Gasteiger partial charge in [-0.15, -0.1) is 5.10 Å². The zero-order valence-corrected chi connectivity index (χ0v) is 18.9. The summed E-state index contributed by atoms with van der Waals surface area (Å²) >= 11 is 6.30. The number of hydrogen-bond acceptors (Lipinski definition) is 6. The second-order valence-corrected chi connectivity index (χ2v) is 8.30. The number of nitrogen functional groups attached to an aromatic ring is 1. The Morgan fingerprint density at radius 2 is 2.09 bits per heavy atom. The van der Waals surface area contributed by atoms with Crippen LogP contribution in [-0.2, 0) is 4.84 Å². The second kappa shape index (κ2) is 8.34. The van der Waals surface area contributed by atoms with E-state index in [1.165, 1.54) is 5.06 Å². The van der Waals surface area contributed by atoms with Crippen molar-refractivity contribution < 1.29 is 9.63 Å². The number of benzene rings is 1. The third-order valence-corrected chi connectivity index (χ3v) is 6.19. The largest absolute Gasteiger partial charge is 0.366 e. The van der Waals surface area contributed by atoms with Crippen molar-refractivity contribution in [2.45, 2.75) is 26.3 Å². The molecule has 9 nitrogen and oxygen atoms in total. The first-order chi connectivity index (χ1) is 15.9.